The second-order valence-corrected chi connectivity index (χ2v) is 5.24. The Kier molecular flexibility index (Phi) is 2.59. The topological polar surface area (TPSA) is 20.2 Å². The first-order valence-corrected chi connectivity index (χ1v) is 5.01. The first-order valence-electron chi connectivity index (χ1n) is 4.19. The van der Waals surface area contributed by atoms with Crippen LogP contribution in [-0.2, 0) is 5.41 Å². The van der Waals surface area contributed by atoms with E-state index in [2.05, 4.69) is 26.8 Å². The number of hydrogen-bond acceptors (Lipinski definition) is 2. The van der Waals surface area contributed by atoms with Crippen molar-refractivity contribution in [1.29, 1.82) is 0 Å². The maximum Gasteiger partial charge on any atom is 0.0854 e. The monoisotopic (exact) mass is 184 g/mol. The molecular formula is C10H16OS. The van der Waals surface area contributed by atoms with Crippen LogP contribution in [0.25, 0.3) is 0 Å². The van der Waals surface area contributed by atoms with Gasteiger partial charge in [0.2, 0.25) is 0 Å². The van der Waals surface area contributed by atoms with E-state index in [1.54, 1.807) is 18.3 Å². The Morgan fingerprint density at radius 1 is 1.33 bits per heavy atom. The van der Waals surface area contributed by atoms with E-state index in [0.717, 1.165) is 4.88 Å². The van der Waals surface area contributed by atoms with Gasteiger partial charge in [-0.1, -0.05) is 20.8 Å². The van der Waals surface area contributed by atoms with Gasteiger partial charge < -0.3 is 5.11 Å². The Labute approximate surface area is 78.1 Å². The van der Waals surface area contributed by atoms with Crippen LogP contribution >= 0.6 is 11.3 Å². The van der Waals surface area contributed by atoms with Gasteiger partial charge in [-0.15, -0.1) is 11.3 Å². The molecule has 2 heteroatoms. The standard InChI is InChI=1S/C10H16OS/c1-7(11)8-5-6-9(12-8)10(2,3)4/h5-7,11H,1-4H3/t7-/m1/s1. The first kappa shape index (κ1) is 9.75. The lowest BCUT2D eigenvalue weighted by Crippen LogP contribution is -2.07. The molecule has 1 aromatic heterocycles. The highest BCUT2D eigenvalue weighted by atomic mass is 32.1. The second kappa shape index (κ2) is 3.19. The summed E-state index contributed by atoms with van der Waals surface area (Å²) in [5, 5.41) is 9.31. The fourth-order valence-electron chi connectivity index (χ4n) is 0.980. The van der Waals surface area contributed by atoms with E-state index < -0.39 is 0 Å². The molecule has 0 spiro atoms. The summed E-state index contributed by atoms with van der Waals surface area (Å²) in [5.41, 5.74) is 0.206. The van der Waals surface area contributed by atoms with Gasteiger partial charge in [0.1, 0.15) is 0 Å². The third-order valence-electron chi connectivity index (χ3n) is 1.78. The summed E-state index contributed by atoms with van der Waals surface area (Å²) in [6.45, 7) is 8.36. The van der Waals surface area contributed by atoms with Gasteiger partial charge >= 0.3 is 0 Å². The quantitative estimate of drug-likeness (QED) is 0.711. The summed E-state index contributed by atoms with van der Waals surface area (Å²) < 4.78 is 0. The van der Waals surface area contributed by atoms with E-state index in [-0.39, 0.29) is 11.5 Å². The molecule has 1 rings (SSSR count). The van der Waals surface area contributed by atoms with Gasteiger partial charge in [-0.3, -0.25) is 0 Å². The van der Waals surface area contributed by atoms with Gasteiger partial charge in [0.25, 0.3) is 0 Å². The highest BCUT2D eigenvalue weighted by molar-refractivity contribution is 7.12. The van der Waals surface area contributed by atoms with E-state index in [0.29, 0.717) is 0 Å². The summed E-state index contributed by atoms with van der Waals surface area (Å²) >= 11 is 1.70. The summed E-state index contributed by atoms with van der Waals surface area (Å²) in [6, 6.07) is 4.11. The molecule has 12 heavy (non-hydrogen) atoms. The van der Waals surface area contributed by atoms with Crippen molar-refractivity contribution in [2.24, 2.45) is 0 Å². The molecular weight excluding hydrogens is 168 g/mol. The maximum atomic E-state index is 9.31. The van der Waals surface area contributed by atoms with Crippen molar-refractivity contribution in [3.63, 3.8) is 0 Å². The van der Waals surface area contributed by atoms with Crippen LogP contribution in [0.2, 0.25) is 0 Å². The van der Waals surface area contributed by atoms with Gasteiger partial charge in [-0.05, 0) is 24.5 Å². The van der Waals surface area contributed by atoms with E-state index in [1.165, 1.54) is 4.88 Å². The SMILES string of the molecule is C[C@@H](O)c1ccc(C(C)(C)C)s1. The van der Waals surface area contributed by atoms with E-state index in [9.17, 15) is 5.11 Å². The lowest BCUT2D eigenvalue weighted by atomic mass is 9.95. The van der Waals surface area contributed by atoms with Gasteiger partial charge in [0.15, 0.2) is 0 Å². The van der Waals surface area contributed by atoms with Crippen LogP contribution in [0.5, 0.6) is 0 Å². The number of rotatable bonds is 1. The molecule has 0 aliphatic rings. The third kappa shape index (κ3) is 2.08. The third-order valence-corrected chi connectivity index (χ3v) is 3.46. The molecule has 0 aliphatic heterocycles. The Morgan fingerprint density at radius 3 is 2.17 bits per heavy atom. The zero-order valence-corrected chi connectivity index (χ0v) is 8.90. The van der Waals surface area contributed by atoms with Crippen molar-refractivity contribution in [1.82, 2.24) is 0 Å². The number of aliphatic hydroxyl groups is 1. The van der Waals surface area contributed by atoms with Crippen molar-refractivity contribution < 1.29 is 5.11 Å². The molecule has 0 aliphatic carbocycles. The fourth-order valence-corrected chi connectivity index (χ4v) is 1.98. The molecule has 0 aromatic carbocycles. The second-order valence-electron chi connectivity index (χ2n) is 4.13. The molecule has 1 atom stereocenters. The Hall–Kier alpha value is -0.340. The molecule has 0 saturated carbocycles. The molecule has 1 N–H and O–H groups in total. The maximum absolute atomic E-state index is 9.31. The van der Waals surface area contributed by atoms with Gasteiger partial charge in [0, 0.05) is 9.75 Å². The van der Waals surface area contributed by atoms with Crippen LogP contribution in [0, 0.1) is 0 Å². The molecule has 0 saturated heterocycles. The predicted octanol–water partition coefficient (Wildman–Crippen LogP) is 3.10. The van der Waals surface area contributed by atoms with Crippen LogP contribution in [0.1, 0.15) is 43.6 Å². The Morgan fingerprint density at radius 2 is 1.92 bits per heavy atom. The van der Waals surface area contributed by atoms with Gasteiger partial charge in [-0.2, -0.15) is 0 Å². The highest BCUT2D eigenvalue weighted by Gasteiger charge is 2.16. The minimum Gasteiger partial charge on any atom is -0.388 e. The zero-order chi connectivity index (χ0) is 9.35. The summed E-state index contributed by atoms with van der Waals surface area (Å²) in [7, 11) is 0. The van der Waals surface area contributed by atoms with E-state index >= 15 is 0 Å². The van der Waals surface area contributed by atoms with Crippen LogP contribution < -0.4 is 0 Å². The average molecular weight is 184 g/mol. The number of aliphatic hydroxyl groups excluding tert-OH is 1. The molecule has 0 fully saturated rings. The van der Waals surface area contributed by atoms with Crippen LogP contribution in [0.4, 0.5) is 0 Å². The summed E-state index contributed by atoms with van der Waals surface area (Å²) in [4.78, 5) is 2.39. The van der Waals surface area contributed by atoms with Crippen molar-refractivity contribution in [2.45, 2.75) is 39.2 Å². The van der Waals surface area contributed by atoms with Crippen LogP contribution in [0.15, 0.2) is 12.1 Å². The van der Waals surface area contributed by atoms with E-state index in [4.69, 9.17) is 0 Å². The van der Waals surface area contributed by atoms with Crippen molar-refractivity contribution in [3.8, 4) is 0 Å². The molecule has 1 nitrogen and oxygen atoms in total. The minimum atomic E-state index is -0.328. The normalized spacial score (nSPS) is 14.8. The van der Waals surface area contributed by atoms with Crippen LogP contribution in [0.3, 0.4) is 0 Å². The van der Waals surface area contributed by atoms with Crippen LogP contribution in [-0.4, -0.2) is 5.11 Å². The van der Waals surface area contributed by atoms with Gasteiger partial charge in [0.05, 0.1) is 6.10 Å². The Bertz CT molecular complexity index is 255. The molecule has 0 bridgehead atoms. The largest absolute Gasteiger partial charge is 0.388 e. The molecule has 0 unspecified atom stereocenters. The van der Waals surface area contributed by atoms with E-state index in [1.807, 2.05) is 6.07 Å². The fraction of sp³-hybridized carbons (Fsp3) is 0.600. The zero-order valence-electron chi connectivity index (χ0n) is 8.09. The predicted molar refractivity (Wildman–Crippen MR) is 53.7 cm³/mol. The minimum absolute atomic E-state index is 0.206. The number of hydrogen-bond donors (Lipinski definition) is 1. The summed E-state index contributed by atoms with van der Waals surface area (Å²) in [6.07, 6.45) is -0.328. The van der Waals surface area contributed by atoms with Crippen molar-refractivity contribution in [3.05, 3.63) is 21.9 Å². The number of thiophene rings is 1. The smallest absolute Gasteiger partial charge is 0.0854 e. The lowest BCUT2D eigenvalue weighted by Gasteiger charge is -2.15. The molecule has 0 amide bonds. The highest BCUT2D eigenvalue weighted by Crippen LogP contribution is 2.31. The molecule has 1 heterocycles. The van der Waals surface area contributed by atoms with Crippen molar-refractivity contribution in [2.75, 3.05) is 0 Å². The first-order chi connectivity index (χ1) is 5.41. The average Bonchev–Trinajstić information content (AvgIpc) is 2.30. The lowest BCUT2D eigenvalue weighted by molar-refractivity contribution is 0.203. The summed E-state index contributed by atoms with van der Waals surface area (Å²) in [5.74, 6) is 0. The molecule has 0 radical (unpaired) electrons. The Balaban J connectivity index is 2.92. The van der Waals surface area contributed by atoms with Crippen molar-refractivity contribution >= 4 is 11.3 Å². The molecule has 68 valence electrons. The molecule has 1 aromatic rings. The van der Waals surface area contributed by atoms with Gasteiger partial charge in [-0.25, -0.2) is 0 Å².